The number of aliphatic carboxylic acids is 2. The normalized spacial score (nSPS) is 14.0. The molecule has 5 amide bonds. The molecule has 0 aliphatic heterocycles. The van der Waals surface area contributed by atoms with Crippen LogP contribution >= 0.6 is 11.8 Å². The van der Waals surface area contributed by atoms with Gasteiger partial charge in [0.25, 0.3) is 0 Å². The van der Waals surface area contributed by atoms with E-state index in [9.17, 15) is 43.8 Å². The van der Waals surface area contributed by atoms with Crippen molar-refractivity contribution in [2.24, 2.45) is 5.73 Å². The number of carbonyl (C=O) groups excluding carboxylic acids is 5. The number of carboxylic acid groups (broad SMARTS) is 2. The second kappa shape index (κ2) is 19.7. The third-order valence-electron chi connectivity index (χ3n) is 6.04. The van der Waals surface area contributed by atoms with Crippen LogP contribution in [0, 0.1) is 0 Å². The number of aromatic hydroxyl groups is 1. The van der Waals surface area contributed by atoms with Crippen molar-refractivity contribution >= 4 is 53.2 Å². The number of carbonyl (C=O) groups is 7. The Hall–Kier alpha value is -4.46. The van der Waals surface area contributed by atoms with Gasteiger partial charge in [-0.3, -0.25) is 28.8 Å². The van der Waals surface area contributed by atoms with E-state index in [1.54, 1.807) is 6.26 Å². The zero-order valence-corrected chi connectivity index (χ0v) is 25.0. The van der Waals surface area contributed by atoms with Crippen molar-refractivity contribution < 1.29 is 59.1 Å². The molecule has 0 aliphatic rings. The first-order chi connectivity index (χ1) is 21.2. The fourth-order valence-electron chi connectivity index (χ4n) is 3.60. The van der Waals surface area contributed by atoms with Gasteiger partial charge in [0, 0.05) is 6.42 Å². The fourth-order valence-corrected chi connectivity index (χ4v) is 4.07. The zero-order chi connectivity index (χ0) is 34.1. The highest BCUT2D eigenvalue weighted by Crippen LogP contribution is 2.12. The lowest BCUT2D eigenvalue weighted by Crippen LogP contribution is -2.58. The molecule has 0 aliphatic carbocycles. The molecule has 0 bridgehead atoms. The van der Waals surface area contributed by atoms with Crippen LogP contribution in [0.1, 0.15) is 18.4 Å². The molecular formula is C26H38N6O12S. The highest BCUT2D eigenvalue weighted by molar-refractivity contribution is 7.98. The van der Waals surface area contributed by atoms with Crippen LogP contribution in [-0.4, -0.2) is 129 Å². The van der Waals surface area contributed by atoms with Crippen molar-refractivity contribution in [3.63, 3.8) is 0 Å². The van der Waals surface area contributed by atoms with Crippen LogP contribution in [0.3, 0.4) is 0 Å². The summed E-state index contributed by atoms with van der Waals surface area (Å²) in [6.07, 6.45) is 0.914. The number of hydrogen-bond acceptors (Lipinski definition) is 12. The molecule has 45 heavy (non-hydrogen) atoms. The predicted molar refractivity (Wildman–Crippen MR) is 158 cm³/mol. The standard InChI is InChI=1S/C26H38N6O12S/c1-45-7-6-16(24(41)32-19(12-34)26(43)44)30-25(42)18(11-33)29-20(36)10-28-23(40)17(8-13-2-4-14(35)5-3-13)31-22(39)15(27)9-21(37)38/h2-5,15-19,33-35H,6-12,27H2,1H3,(H,28,40)(H,29,36)(H,30,42)(H,31,39)(H,32,41)(H,37,38)(H,43,44)/t15-,16-,17-,18-,19-/m0/s1. The van der Waals surface area contributed by atoms with E-state index >= 15 is 0 Å². The number of nitrogens with one attached hydrogen (secondary N) is 5. The Morgan fingerprint density at radius 2 is 1.33 bits per heavy atom. The van der Waals surface area contributed by atoms with Gasteiger partial charge in [0.15, 0.2) is 0 Å². The highest BCUT2D eigenvalue weighted by Gasteiger charge is 2.30. The van der Waals surface area contributed by atoms with Crippen molar-refractivity contribution in [3.8, 4) is 5.75 Å². The third-order valence-corrected chi connectivity index (χ3v) is 6.68. The molecule has 1 aromatic carbocycles. The van der Waals surface area contributed by atoms with Crippen LogP contribution in [0.5, 0.6) is 5.75 Å². The molecule has 0 unspecified atom stereocenters. The Labute approximate surface area is 261 Å². The maximum atomic E-state index is 12.9. The van der Waals surface area contributed by atoms with E-state index in [4.69, 9.17) is 21.1 Å². The van der Waals surface area contributed by atoms with E-state index in [2.05, 4.69) is 26.6 Å². The minimum atomic E-state index is -1.63. The SMILES string of the molecule is CSCC[C@H](NC(=O)[C@H](CO)NC(=O)CNC(=O)[C@H](Cc1ccc(O)cc1)NC(=O)[C@@H](N)CC(=O)O)C(=O)N[C@@H](CO)C(=O)O. The van der Waals surface area contributed by atoms with E-state index in [1.807, 2.05) is 0 Å². The summed E-state index contributed by atoms with van der Waals surface area (Å²) in [7, 11) is 0. The summed E-state index contributed by atoms with van der Waals surface area (Å²) in [6.45, 7) is -2.56. The largest absolute Gasteiger partial charge is 0.508 e. The number of nitrogens with two attached hydrogens (primary N) is 1. The summed E-state index contributed by atoms with van der Waals surface area (Å²) in [6, 6.07) is -1.71. The summed E-state index contributed by atoms with van der Waals surface area (Å²) >= 11 is 1.32. The monoisotopic (exact) mass is 658 g/mol. The van der Waals surface area contributed by atoms with Crippen LogP contribution < -0.4 is 32.3 Å². The van der Waals surface area contributed by atoms with E-state index in [-0.39, 0.29) is 18.6 Å². The Morgan fingerprint density at radius 1 is 0.778 bits per heavy atom. The molecule has 0 spiro atoms. The average Bonchev–Trinajstić information content (AvgIpc) is 2.99. The van der Waals surface area contributed by atoms with Crippen LogP contribution in [0.15, 0.2) is 24.3 Å². The molecule has 0 aromatic heterocycles. The number of aliphatic hydroxyl groups excluding tert-OH is 2. The molecule has 18 nitrogen and oxygen atoms in total. The fraction of sp³-hybridized carbons (Fsp3) is 0.500. The number of aliphatic hydroxyl groups is 2. The van der Waals surface area contributed by atoms with Crippen molar-refractivity contribution in [3.05, 3.63) is 29.8 Å². The molecule has 250 valence electrons. The molecule has 5 atom stereocenters. The molecule has 1 aromatic rings. The van der Waals surface area contributed by atoms with Gasteiger partial charge >= 0.3 is 11.9 Å². The second-order valence-electron chi connectivity index (χ2n) is 9.58. The maximum Gasteiger partial charge on any atom is 0.328 e. The van der Waals surface area contributed by atoms with Gasteiger partial charge in [-0.25, -0.2) is 4.79 Å². The van der Waals surface area contributed by atoms with E-state index in [1.165, 1.54) is 36.0 Å². The number of phenols is 1. The van der Waals surface area contributed by atoms with Crippen molar-refractivity contribution in [1.29, 1.82) is 0 Å². The Bertz CT molecular complexity index is 1200. The summed E-state index contributed by atoms with van der Waals surface area (Å²) in [5.74, 6) is -7.25. The van der Waals surface area contributed by atoms with Crippen molar-refractivity contribution in [2.75, 3.05) is 31.8 Å². The Balaban J connectivity index is 2.90. The molecule has 0 radical (unpaired) electrons. The lowest BCUT2D eigenvalue weighted by Gasteiger charge is -2.23. The van der Waals surface area contributed by atoms with E-state index in [0.717, 1.165) is 0 Å². The van der Waals surface area contributed by atoms with Crippen molar-refractivity contribution in [1.82, 2.24) is 26.6 Å². The number of amides is 5. The van der Waals surface area contributed by atoms with Crippen LogP contribution in [-0.2, 0) is 40.0 Å². The van der Waals surface area contributed by atoms with Gasteiger partial charge in [-0.15, -0.1) is 0 Å². The smallest absolute Gasteiger partial charge is 0.328 e. The molecule has 0 saturated carbocycles. The second-order valence-corrected chi connectivity index (χ2v) is 10.6. The lowest BCUT2D eigenvalue weighted by atomic mass is 10.0. The molecule has 19 heteroatoms. The number of carboxylic acids is 2. The summed E-state index contributed by atoms with van der Waals surface area (Å²) < 4.78 is 0. The van der Waals surface area contributed by atoms with Crippen molar-refractivity contribution in [2.45, 2.75) is 49.5 Å². The third kappa shape index (κ3) is 14.2. The van der Waals surface area contributed by atoms with Gasteiger partial charge in [-0.2, -0.15) is 11.8 Å². The van der Waals surface area contributed by atoms with Gasteiger partial charge in [0.2, 0.25) is 29.5 Å². The average molecular weight is 659 g/mol. The maximum absolute atomic E-state index is 12.9. The summed E-state index contributed by atoms with van der Waals surface area (Å²) in [5, 5.41) is 57.5. The first-order valence-corrected chi connectivity index (χ1v) is 14.8. The minimum absolute atomic E-state index is 0.0446. The number of thioether (sulfide) groups is 1. The Morgan fingerprint density at radius 3 is 1.87 bits per heavy atom. The lowest BCUT2D eigenvalue weighted by molar-refractivity contribution is -0.143. The van der Waals surface area contributed by atoms with Gasteiger partial charge in [0.05, 0.1) is 32.2 Å². The zero-order valence-electron chi connectivity index (χ0n) is 24.2. The van der Waals surface area contributed by atoms with Crippen LogP contribution in [0.2, 0.25) is 0 Å². The van der Waals surface area contributed by atoms with Gasteiger partial charge in [0.1, 0.15) is 29.9 Å². The number of phenolic OH excluding ortho intramolecular Hbond substituents is 1. The molecule has 1 rings (SSSR count). The topological polar surface area (TPSA) is 307 Å². The Kier molecular flexibility index (Phi) is 16.9. The van der Waals surface area contributed by atoms with Crippen LogP contribution in [0.4, 0.5) is 0 Å². The summed E-state index contributed by atoms with van der Waals surface area (Å²) in [4.78, 5) is 85.3. The van der Waals surface area contributed by atoms with Gasteiger partial charge < -0.3 is 57.9 Å². The molecule has 0 heterocycles. The van der Waals surface area contributed by atoms with E-state index in [0.29, 0.717) is 11.3 Å². The molecule has 12 N–H and O–H groups in total. The predicted octanol–water partition coefficient (Wildman–Crippen LogP) is -4.39. The number of hydrogen-bond donors (Lipinski definition) is 11. The summed E-state index contributed by atoms with van der Waals surface area (Å²) in [5.41, 5.74) is 6.06. The van der Waals surface area contributed by atoms with Gasteiger partial charge in [-0.1, -0.05) is 12.1 Å². The van der Waals surface area contributed by atoms with Gasteiger partial charge in [-0.05, 0) is 36.1 Å². The quantitative estimate of drug-likeness (QED) is 0.0631. The van der Waals surface area contributed by atoms with Crippen LogP contribution in [0.25, 0.3) is 0 Å². The van der Waals surface area contributed by atoms with E-state index < -0.39 is 97.9 Å². The first kappa shape index (κ1) is 38.6. The molecule has 0 fully saturated rings. The number of benzene rings is 1. The highest BCUT2D eigenvalue weighted by atomic mass is 32.2. The minimum Gasteiger partial charge on any atom is -0.508 e. The molecular weight excluding hydrogens is 620 g/mol. The molecule has 0 saturated heterocycles. The number of rotatable bonds is 20. The first-order valence-electron chi connectivity index (χ1n) is 13.4.